The zero-order valence-corrected chi connectivity index (χ0v) is 13.0. The lowest BCUT2D eigenvalue weighted by molar-refractivity contribution is 0.557. The average Bonchev–Trinajstić information content (AvgIpc) is 2.80. The fourth-order valence-corrected chi connectivity index (χ4v) is 3.09. The molecule has 0 saturated heterocycles. The minimum atomic E-state index is 0.373. The summed E-state index contributed by atoms with van der Waals surface area (Å²) in [5, 5.41) is 4.70. The Hall–Kier alpha value is -1.19. The second kappa shape index (κ2) is 6.31. The number of aryl methyl sites for hydroxylation is 3. The fourth-order valence-electron chi connectivity index (χ4n) is 2.22. The van der Waals surface area contributed by atoms with Gasteiger partial charge in [-0.1, -0.05) is 25.1 Å². The molecule has 2 rings (SSSR count). The number of rotatable bonds is 5. The molecule has 3 heteroatoms. The first-order chi connectivity index (χ1) is 9.10. The highest BCUT2D eigenvalue weighted by atomic mass is 32.1. The van der Waals surface area contributed by atoms with Crippen molar-refractivity contribution >= 4 is 11.3 Å². The molecule has 1 aromatic carbocycles. The maximum atomic E-state index is 4.37. The van der Waals surface area contributed by atoms with Crippen molar-refractivity contribution in [2.24, 2.45) is 0 Å². The van der Waals surface area contributed by atoms with E-state index in [9.17, 15) is 0 Å². The lowest BCUT2D eigenvalue weighted by atomic mass is 10.0. The molecule has 1 N–H and O–H groups in total. The van der Waals surface area contributed by atoms with E-state index in [-0.39, 0.29) is 0 Å². The van der Waals surface area contributed by atoms with Crippen molar-refractivity contribution in [2.75, 3.05) is 6.54 Å². The quantitative estimate of drug-likeness (QED) is 0.892. The molecule has 0 saturated carbocycles. The molecule has 0 spiro atoms. The zero-order chi connectivity index (χ0) is 13.8. The highest BCUT2D eigenvalue weighted by molar-refractivity contribution is 7.11. The average molecular weight is 274 g/mol. The van der Waals surface area contributed by atoms with Crippen LogP contribution in [0, 0.1) is 20.8 Å². The number of nitrogens with zero attached hydrogens (tertiary/aromatic N) is 1. The van der Waals surface area contributed by atoms with Crippen LogP contribution in [0.4, 0.5) is 0 Å². The van der Waals surface area contributed by atoms with Gasteiger partial charge in [-0.25, -0.2) is 4.98 Å². The van der Waals surface area contributed by atoms with Gasteiger partial charge in [0.1, 0.15) is 0 Å². The van der Waals surface area contributed by atoms with Gasteiger partial charge in [-0.2, -0.15) is 0 Å². The molecule has 0 amide bonds. The number of aromatic nitrogens is 1. The highest BCUT2D eigenvalue weighted by Crippen LogP contribution is 2.24. The van der Waals surface area contributed by atoms with Crippen LogP contribution in [0.15, 0.2) is 24.4 Å². The Balaban J connectivity index is 2.18. The van der Waals surface area contributed by atoms with Crippen molar-refractivity contribution in [1.29, 1.82) is 0 Å². The van der Waals surface area contributed by atoms with Crippen LogP contribution in [0.3, 0.4) is 0 Å². The molecule has 2 aromatic rings. The van der Waals surface area contributed by atoms with Crippen molar-refractivity contribution in [3.63, 3.8) is 0 Å². The lowest BCUT2D eigenvalue weighted by Gasteiger charge is -2.16. The molecular weight excluding hydrogens is 252 g/mol. The Bertz CT molecular complexity index is 545. The van der Waals surface area contributed by atoms with Crippen LogP contribution in [0.5, 0.6) is 0 Å². The molecule has 0 aliphatic carbocycles. The van der Waals surface area contributed by atoms with Gasteiger partial charge in [0.15, 0.2) is 0 Å². The number of nitrogens with one attached hydrogen (secondary N) is 1. The third-order valence-electron chi connectivity index (χ3n) is 3.44. The van der Waals surface area contributed by atoms with Gasteiger partial charge in [-0.15, -0.1) is 11.3 Å². The molecule has 1 heterocycles. The van der Waals surface area contributed by atoms with Crippen molar-refractivity contribution in [2.45, 2.75) is 40.2 Å². The summed E-state index contributed by atoms with van der Waals surface area (Å²) < 4.78 is 0. The molecule has 0 aliphatic rings. The molecule has 0 aliphatic heterocycles. The van der Waals surface area contributed by atoms with Crippen molar-refractivity contribution < 1.29 is 0 Å². The van der Waals surface area contributed by atoms with Gasteiger partial charge in [-0.3, -0.25) is 0 Å². The first-order valence-electron chi connectivity index (χ1n) is 6.82. The Labute approximate surface area is 119 Å². The summed E-state index contributed by atoms with van der Waals surface area (Å²) in [4.78, 5) is 5.70. The largest absolute Gasteiger partial charge is 0.309 e. The number of hydrogen-bond acceptors (Lipinski definition) is 3. The monoisotopic (exact) mass is 274 g/mol. The van der Waals surface area contributed by atoms with Gasteiger partial charge in [0.2, 0.25) is 0 Å². The van der Waals surface area contributed by atoms with E-state index in [1.54, 1.807) is 11.3 Å². The van der Waals surface area contributed by atoms with E-state index < -0.39 is 0 Å². The van der Waals surface area contributed by atoms with Crippen LogP contribution in [-0.2, 0) is 6.42 Å². The Morgan fingerprint density at radius 1 is 1.21 bits per heavy atom. The number of benzene rings is 1. The maximum absolute atomic E-state index is 4.37. The summed E-state index contributed by atoms with van der Waals surface area (Å²) in [7, 11) is 0. The molecular formula is C16H22N2S. The Kier molecular flexibility index (Phi) is 4.72. The second-order valence-corrected chi connectivity index (χ2v) is 6.28. The molecule has 0 fully saturated rings. The molecule has 102 valence electrons. The Morgan fingerprint density at radius 3 is 2.58 bits per heavy atom. The molecule has 2 nitrogen and oxygen atoms in total. The molecule has 1 unspecified atom stereocenters. The molecule has 0 bridgehead atoms. The number of likely N-dealkylation sites (N-methyl/N-ethyl adjacent to an activating group) is 1. The first kappa shape index (κ1) is 14.2. The van der Waals surface area contributed by atoms with Gasteiger partial charge >= 0.3 is 0 Å². The van der Waals surface area contributed by atoms with Gasteiger partial charge < -0.3 is 5.32 Å². The molecule has 1 atom stereocenters. The summed E-state index contributed by atoms with van der Waals surface area (Å²) in [6.45, 7) is 9.53. The normalized spacial score (nSPS) is 12.6. The van der Waals surface area contributed by atoms with Gasteiger partial charge in [0, 0.05) is 17.1 Å². The molecule has 0 radical (unpaired) electrons. The standard InChI is InChI=1S/C16H22N2S/c1-5-17-15(16-10-18-13(4)19-16)9-14-7-6-11(2)12(3)8-14/h6-8,10,15,17H,5,9H2,1-4H3. The van der Waals surface area contributed by atoms with E-state index in [1.807, 2.05) is 6.20 Å². The predicted molar refractivity (Wildman–Crippen MR) is 82.9 cm³/mol. The second-order valence-electron chi connectivity index (χ2n) is 5.01. The van der Waals surface area contributed by atoms with Crippen molar-refractivity contribution in [3.05, 3.63) is 51.0 Å². The lowest BCUT2D eigenvalue weighted by Crippen LogP contribution is -2.22. The van der Waals surface area contributed by atoms with Crippen LogP contribution in [0.1, 0.15) is 39.5 Å². The number of hydrogen-bond donors (Lipinski definition) is 1. The van der Waals surface area contributed by atoms with Crippen LogP contribution in [0.25, 0.3) is 0 Å². The minimum absolute atomic E-state index is 0.373. The summed E-state index contributed by atoms with van der Waals surface area (Å²) in [6, 6.07) is 7.12. The minimum Gasteiger partial charge on any atom is -0.309 e. The molecule has 19 heavy (non-hydrogen) atoms. The first-order valence-corrected chi connectivity index (χ1v) is 7.63. The van der Waals surface area contributed by atoms with Crippen LogP contribution < -0.4 is 5.32 Å². The molecule has 1 aromatic heterocycles. The van der Waals surface area contributed by atoms with Gasteiger partial charge in [0.25, 0.3) is 0 Å². The SMILES string of the molecule is CCNC(Cc1ccc(C)c(C)c1)c1cnc(C)s1. The van der Waals surface area contributed by atoms with Crippen LogP contribution >= 0.6 is 11.3 Å². The summed E-state index contributed by atoms with van der Waals surface area (Å²) in [6.07, 6.45) is 3.03. The van der Waals surface area contributed by atoms with Crippen molar-refractivity contribution in [1.82, 2.24) is 10.3 Å². The zero-order valence-electron chi connectivity index (χ0n) is 12.2. The summed E-state index contributed by atoms with van der Waals surface area (Å²) in [5.41, 5.74) is 4.12. The van der Waals surface area contributed by atoms with Crippen LogP contribution in [0.2, 0.25) is 0 Å². The van der Waals surface area contributed by atoms with E-state index in [2.05, 4.69) is 56.2 Å². The predicted octanol–water partition coefficient (Wildman–Crippen LogP) is 3.96. The van der Waals surface area contributed by atoms with E-state index >= 15 is 0 Å². The van der Waals surface area contributed by atoms with Crippen molar-refractivity contribution in [3.8, 4) is 0 Å². The maximum Gasteiger partial charge on any atom is 0.0897 e. The fraction of sp³-hybridized carbons (Fsp3) is 0.438. The van der Waals surface area contributed by atoms with E-state index in [1.165, 1.54) is 21.6 Å². The topological polar surface area (TPSA) is 24.9 Å². The summed E-state index contributed by atoms with van der Waals surface area (Å²) >= 11 is 1.79. The van der Waals surface area contributed by atoms with E-state index in [0.717, 1.165) is 18.0 Å². The smallest absolute Gasteiger partial charge is 0.0897 e. The third kappa shape index (κ3) is 3.64. The van der Waals surface area contributed by atoms with Gasteiger partial charge in [0.05, 0.1) is 5.01 Å². The van der Waals surface area contributed by atoms with Gasteiger partial charge in [-0.05, 0) is 50.4 Å². The Morgan fingerprint density at radius 2 is 2.00 bits per heavy atom. The summed E-state index contributed by atoms with van der Waals surface area (Å²) in [5.74, 6) is 0. The van der Waals surface area contributed by atoms with E-state index in [0.29, 0.717) is 6.04 Å². The number of thiazole rings is 1. The highest BCUT2D eigenvalue weighted by Gasteiger charge is 2.14. The third-order valence-corrected chi connectivity index (χ3v) is 4.47. The van der Waals surface area contributed by atoms with Crippen LogP contribution in [-0.4, -0.2) is 11.5 Å². The van der Waals surface area contributed by atoms with E-state index in [4.69, 9.17) is 0 Å².